The molecule has 2 aliphatic rings. The Hall–Kier alpha value is -1.96. The summed E-state index contributed by atoms with van der Waals surface area (Å²) in [5.41, 5.74) is 0.0555. The third-order valence-electron chi connectivity index (χ3n) is 5.67. The number of hydrogen-bond acceptors (Lipinski definition) is 6. The molecule has 5 rings (SSSR count). The van der Waals surface area contributed by atoms with Gasteiger partial charge in [0.05, 0.1) is 18.3 Å². The molecule has 0 N–H and O–H groups in total. The Bertz CT molecular complexity index is 862. The lowest BCUT2D eigenvalue weighted by molar-refractivity contribution is 0.0491. The van der Waals surface area contributed by atoms with Gasteiger partial charge in [-0.15, -0.1) is 21.5 Å². The molecule has 0 aliphatic carbocycles. The third kappa shape index (κ3) is 2.71. The van der Waals surface area contributed by atoms with Crippen LogP contribution in [0.3, 0.4) is 0 Å². The van der Waals surface area contributed by atoms with E-state index in [-0.39, 0.29) is 5.54 Å². The van der Waals surface area contributed by atoms with Crippen molar-refractivity contribution < 1.29 is 4.42 Å². The maximum Gasteiger partial charge on any atom is 0.200 e. The second kappa shape index (κ2) is 6.33. The number of likely N-dealkylation sites (tertiary alicyclic amines) is 1. The quantitative estimate of drug-likeness (QED) is 0.710. The Labute approximate surface area is 157 Å². The van der Waals surface area contributed by atoms with Crippen LogP contribution >= 0.6 is 11.3 Å². The molecule has 7 heteroatoms. The number of fused-ring (bicyclic) bond motifs is 2. The van der Waals surface area contributed by atoms with Gasteiger partial charge in [0, 0.05) is 31.1 Å². The average Bonchev–Trinajstić information content (AvgIpc) is 3.37. The average molecular weight is 369 g/mol. The van der Waals surface area contributed by atoms with Crippen LogP contribution in [-0.4, -0.2) is 51.2 Å². The molecule has 0 radical (unpaired) electrons. The second-order valence-corrected chi connectivity index (χ2v) is 8.54. The molecule has 0 unspecified atom stereocenters. The molecule has 0 amide bonds. The van der Waals surface area contributed by atoms with Crippen molar-refractivity contribution in [2.75, 3.05) is 26.7 Å². The molecule has 1 fully saturated rings. The minimum atomic E-state index is 0.0555. The number of thiophene rings is 1. The van der Waals surface area contributed by atoms with E-state index in [9.17, 15) is 0 Å². The fourth-order valence-corrected chi connectivity index (χ4v) is 5.23. The smallest absolute Gasteiger partial charge is 0.200 e. The van der Waals surface area contributed by atoms with E-state index in [1.165, 1.54) is 4.88 Å². The Morgan fingerprint density at radius 2 is 2.08 bits per heavy atom. The number of aromatic nitrogens is 3. The van der Waals surface area contributed by atoms with Gasteiger partial charge in [-0.3, -0.25) is 14.4 Å². The highest BCUT2D eigenvalue weighted by Gasteiger charge is 2.43. The number of nitrogens with zero attached hydrogens (tertiary/aromatic N) is 5. The number of piperidine rings is 1. The van der Waals surface area contributed by atoms with E-state index in [2.05, 4.69) is 49.1 Å². The summed E-state index contributed by atoms with van der Waals surface area (Å²) in [6.45, 7) is 5.14. The molecule has 0 atom stereocenters. The zero-order chi connectivity index (χ0) is 17.6. The first-order valence-corrected chi connectivity index (χ1v) is 10.0. The van der Waals surface area contributed by atoms with Crippen LogP contribution in [0.5, 0.6) is 0 Å². The standard InChI is InChI=1S/C19H23N5OS/c1-22-13-17-20-21-18(16-5-2-10-25-16)24(17)19(14-22)6-8-23(9-7-19)12-15-4-3-11-26-15/h2-5,10-11H,6-9,12-14H2,1H3. The predicted molar refractivity (Wildman–Crippen MR) is 101 cm³/mol. The van der Waals surface area contributed by atoms with Gasteiger partial charge in [0.1, 0.15) is 5.82 Å². The van der Waals surface area contributed by atoms with Crippen molar-refractivity contribution in [3.05, 3.63) is 46.6 Å². The first kappa shape index (κ1) is 16.2. The fraction of sp³-hybridized carbons (Fsp3) is 0.474. The maximum absolute atomic E-state index is 5.65. The van der Waals surface area contributed by atoms with Crippen molar-refractivity contribution in [1.82, 2.24) is 24.6 Å². The molecule has 0 saturated carbocycles. The van der Waals surface area contributed by atoms with Crippen LogP contribution in [0.25, 0.3) is 11.6 Å². The summed E-state index contributed by atoms with van der Waals surface area (Å²) in [6, 6.07) is 8.27. The van der Waals surface area contributed by atoms with Crippen LogP contribution in [-0.2, 0) is 18.6 Å². The van der Waals surface area contributed by atoms with Gasteiger partial charge in [0.15, 0.2) is 11.6 Å². The summed E-state index contributed by atoms with van der Waals surface area (Å²) < 4.78 is 8.03. The lowest BCUT2D eigenvalue weighted by Gasteiger charge is -2.48. The van der Waals surface area contributed by atoms with Gasteiger partial charge < -0.3 is 4.42 Å². The van der Waals surface area contributed by atoms with Crippen molar-refractivity contribution in [1.29, 1.82) is 0 Å². The summed E-state index contributed by atoms with van der Waals surface area (Å²) >= 11 is 1.85. The van der Waals surface area contributed by atoms with Crippen LogP contribution in [0, 0.1) is 0 Å². The summed E-state index contributed by atoms with van der Waals surface area (Å²) in [5, 5.41) is 11.1. The summed E-state index contributed by atoms with van der Waals surface area (Å²) in [6.07, 6.45) is 3.94. The van der Waals surface area contributed by atoms with Crippen LogP contribution < -0.4 is 0 Å². The van der Waals surface area contributed by atoms with Gasteiger partial charge in [-0.1, -0.05) is 6.07 Å². The highest BCUT2D eigenvalue weighted by Crippen LogP contribution is 2.39. The largest absolute Gasteiger partial charge is 0.461 e. The molecule has 0 aromatic carbocycles. The van der Waals surface area contributed by atoms with Gasteiger partial charge in [-0.05, 0) is 43.5 Å². The zero-order valence-electron chi connectivity index (χ0n) is 15.0. The number of rotatable bonds is 3. The summed E-state index contributed by atoms with van der Waals surface area (Å²) in [7, 11) is 2.19. The first-order chi connectivity index (χ1) is 12.7. The van der Waals surface area contributed by atoms with Crippen molar-refractivity contribution in [3.8, 4) is 11.6 Å². The second-order valence-electron chi connectivity index (χ2n) is 7.50. The molecule has 136 valence electrons. The SMILES string of the molecule is CN1Cc2nnc(-c3ccco3)n2C2(CCN(Cc3cccs3)CC2)C1. The van der Waals surface area contributed by atoms with Crippen LogP contribution in [0.4, 0.5) is 0 Å². The normalized spacial score (nSPS) is 20.5. The Morgan fingerprint density at radius 1 is 1.19 bits per heavy atom. The number of hydrogen-bond donors (Lipinski definition) is 0. The molecule has 6 nitrogen and oxygen atoms in total. The molecule has 5 heterocycles. The molecule has 26 heavy (non-hydrogen) atoms. The lowest BCUT2D eigenvalue weighted by atomic mass is 9.84. The van der Waals surface area contributed by atoms with E-state index < -0.39 is 0 Å². The van der Waals surface area contributed by atoms with E-state index in [0.717, 1.165) is 63.0 Å². The fourth-order valence-electron chi connectivity index (χ4n) is 4.49. The van der Waals surface area contributed by atoms with Crippen molar-refractivity contribution in [2.24, 2.45) is 0 Å². The van der Waals surface area contributed by atoms with Crippen molar-refractivity contribution in [3.63, 3.8) is 0 Å². The molecular weight excluding hydrogens is 346 g/mol. The third-order valence-corrected chi connectivity index (χ3v) is 6.53. The molecule has 1 spiro atoms. The minimum Gasteiger partial charge on any atom is -0.461 e. The minimum absolute atomic E-state index is 0.0555. The molecule has 1 saturated heterocycles. The van der Waals surface area contributed by atoms with E-state index in [1.807, 2.05) is 23.5 Å². The molecular formula is C19H23N5OS. The van der Waals surface area contributed by atoms with Gasteiger partial charge in [0.25, 0.3) is 0 Å². The molecule has 0 bridgehead atoms. The number of furan rings is 1. The highest BCUT2D eigenvalue weighted by molar-refractivity contribution is 7.09. The van der Waals surface area contributed by atoms with Crippen molar-refractivity contribution in [2.45, 2.75) is 31.5 Å². The maximum atomic E-state index is 5.65. The Kier molecular flexibility index (Phi) is 3.95. The van der Waals surface area contributed by atoms with Crippen LogP contribution in [0.2, 0.25) is 0 Å². The van der Waals surface area contributed by atoms with Gasteiger partial charge in [-0.2, -0.15) is 0 Å². The van der Waals surface area contributed by atoms with Crippen molar-refractivity contribution >= 4 is 11.3 Å². The highest BCUT2D eigenvalue weighted by atomic mass is 32.1. The van der Waals surface area contributed by atoms with E-state index >= 15 is 0 Å². The van der Waals surface area contributed by atoms with Crippen LogP contribution in [0.1, 0.15) is 23.5 Å². The van der Waals surface area contributed by atoms with Crippen LogP contribution in [0.15, 0.2) is 40.3 Å². The molecule has 2 aliphatic heterocycles. The molecule has 3 aromatic heterocycles. The Balaban J connectivity index is 1.44. The zero-order valence-corrected chi connectivity index (χ0v) is 15.8. The van der Waals surface area contributed by atoms with E-state index in [0.29, 0.717) is 0 Å². The summed E-state index contributed by atoms with van der Waals surface area (Å²) in [4.78, 5) is 6.40. The molecule has 3 aromatic rings. The lowest BCUT2D eigenvalue weighted by Crippen LogP contribution is -2.55. The topological polar surface area (TPSA) is 50.3 Å². The van der Waals surface area contributed by atoms with Gasteiger partial charge in [0.2, 0.25) is 0 Å². The number of likely N-dealkylation sites (N-methyl/N-ethyl adjacent to an activating group) is 1. The van der Waals surface area contributed by atoms with E-state index in [1.54, 1.807) is 6.26 Å². The van der Waals surface area contributed by atoms with E-state index in [4.69, 9.17) is 4.42 Å². The van der Waals surface area contributed by atoms with Gasteiger partial charge in [-0.25, -0.2) is 0 Å². The Morgan fingerprint density at radius 3 is 2.81 bits per heavy atom. The summed E-state index contributed by atoms with van der Waals surface area (Å²) in [5.74, 6) is 2.75. The predicted octanol–water partition coefficient (Wildman–Crippen LogP) is 3.04. The first-order valence-electron chi connectivity index (χ1n) is 9.15. The van der Waals surface area contributed by atoms with Gasteiger partial charge >= 0.3 is 0 Å². The monoisotopic (exact) mass is 369 g/mol.